The van der Waals surface area contributed by atoms with Gasteiger partial charge >= 0.3 is 0 Å². The van der Waals surface area contributed by atoms with E-state index in [0.717, 1.165) is 25.8 Å². The Kier molecular flexibility index (Phi) is 5.80. The maximum Gasteiger partial charge on any atom is 0.255 e. The predicted octanol–water partition coefficient (Wildman–Crippen LogP) is 3.21. The monoisotopic (exact) mass is 263 g/mol. The van der Waals surface area contributed by atoms with Crippen LogP contribution in [0.2, 0.25) is 0 Å². The molecule has 4 nitrogen and oxygen atoms in total. The molecule has 0 spiro atoms. The lowest BCUT2D eigenvalue weighted by atomic mass is 9.95. The number of carbonyl (C=O) groups excluding carboxylic acids is 1. The smallest absolute Gasteiger partial charge is 0.255 e. The highest BCUT2D eigenvalue weighted by atomic mass is 16.1. The van der Waals surface area contributed by atoms with Gasteiger partial charge in [0.2, 0.25) is 0 Å². The number of hydrogen-bond acceptors (Lipinski definition) is 3. The van der Waals surface area contributed by atoms with Crippen molar-refractivity contribution in [2.24, 2.45) is 0 Å². The van der Waals surface area contributed by atoms with Crippen LogP contribution in [0.25, 0.3) is 0 Å². The van der Waals surface area contributed by atoms with Gasteiger partial charge in [-0.2, -0.15) is 0 Å². The van der Waals surface area contributed by atoms with Crippen LogP contribution in [0.15, 0.2) is 18.3 Å². The van der Waals surface area contributed by atoms with Crippen LogP contribution in [0.3, 0.4) is 0 Å². The molecule has 1 aromatic heterocycles. The van der Waals surface area contributed by atoms with Gasteiger partial charge in [0.1, 0.15) is 5.82 Å². The van der Waals surface area contributed by atoms with Gasteiger partial charge in [-0.3, -0.25) is 4.79 Å². The number of anilines is 1. The molecule has 19 heavy (non-hydrogen) atoms. The van der Waals surface area contributed by atoms with E-state index >= 15 is 0 Å². The molecule has 1 rings (SSSR count). The number of hydrogen-bond donors (Lipinski definition) is 2. The number of nitrogens with zero attached hydrogens (tertiary/aromatic N) is 1. The Morgan fingerprint density at radius 3 is 2.58 bits per heavy atom. The van der Waals surface area contributed by atoms with E-state index in [1.807, 2.05) is 6.07 Å². The van der Waals surface area contributed by atoms with Crippen molar-refractivity contribution in [2.75, 3.05) is 11.9 Å². The van der Waals surface area contributed by atoms with Crippen LogP contribution >= 0.6 is 0 Å². The molecule has 0 atom stereocenters. The zero-order chi connectivity index (χ0) is 14.3. The van der Waals surface area contributed by atoms with Crippen LogP contribution in [-0.2, 0) is 0 Å². The Hall–Kier alpha value is -1.58. The number of aromatic nitrogens is 1. The van der Waals surface area contributed by atoms with Crippen molar-refractivity contribution in [2.45, 2.75) is 52.5 Å². The summed E-state index contributed by atoms with van der Waals surface area (Å²) in [4.78, 5) is 16.6. The number of nitrogens with one attached hydrogen (secondary N) is 2. The Morgan fingerprint density at radius 2 is 2.00 bits per heavy atom. The van der Waals surface area contributed by atoms with Crippen molar-refractivity contribution in [3.8, 4) is 0 Å². The molecule has 0 saturated heterocycles. The molecular weight excluding hydrogens is 238 g/mol. The Labute approximate surface area is 116 Å². The van der Waals surface area contributed by atoms with Gasteiger partial charge in [0.15, 0.2) is 0 Å². The molecule has 0 aromatic carbocycles. The summed E-state index contributed by atoms with van der Waals surface area (Å²) in [5.74, 6) is 0.606. The molecule has 0 radical (unpaired) electrons. The SMILES string of the molecule is CCCNc1ncccc1C(=O)NC(C)(CC)CC. The molecule has 0 bridgehead atoms. The van der Waals surface area contributed by atoms with Crippen LogP contribution in [0.5, 0.6) is 0 Å². The van der Waals surface area contributed by atoms with E-state index < -0.39 is 0 Å². The van der Waals surface area contributed by atoms with Crippen LogP contribution in [-0.4, -0.2) is 23.0 Å². The van der Waals surface area contributed by atoms with Crippen LogP contribution in [0, 0.1) is 0 Å². The quantitative estimate of drug-likeness (QED) is 0.794. The summed E-state index contributed by atoms with van der Waals surface area (Å²) < 4.78 is 0. The summed E-state index contributed by atoms with van der Waals surface area (Å²) in [6.07, 6.45) is 4.52. The molecule has 2 N–H and O–H groups in total. The fourth-order valence-electron chi connectivity index (χ4n) is 1.74. The van der Waals surface area contributed by atoms with Crippen LogP contribution < -0.4 is 10.6 Å². The van der Waals surface area contributed by atoms with E-state index in [0.29, 0.717) is 11.4 Å². The van der Waals surface area contributed by atoms with E-state index in [9.17, 15) is 4.79 Å². The fourth-order valence-corrected chi connectivity index (χ4v) is 1.74. The average molecular weight is 263 g/mol. The normalized spacial score (nSPS) is 11.2. The summed E-state index contributed by atoms with van der Waals surface area (Å²) >= 11 is 0. The molecule has 0 unspecified atom stereocenters. The summed E-state index contributed by atoms with van der Waals surface area (Å²) in [7, 11) is 0. The van der Waals surface area contributed by atoms with E-state index in [1.54, 1.807) is 12.3 Å². The van der Waals surface area contributed by atoms with Crippen molar-refractivity contribution in [1.29, 1.82) is 0 Å². The van der Waals surface area contributed by atoms with E-state index in [-0.39, 0.29) is 11.4 Å². The molecule has 0 aliphatic carbocycles. The molecular formula is C15H25N3O. The van der Waals surface area contributed by atoms with Gasteiger partial charge in [-0.25, -0.2) is 4.98 Å². The minimum absolute atomic E-state index is 0.0575. The molecule has 1 heterocycles. The van der Waals surface area contributed by atoms with Crippen LogP contribution in [0.1, 0.15) is 57.3 Å². The van der Waals surface area contributed by atoms with Gasteiger partial charge in [0.25, 0.3) is 5.91 Å². The topological polar surface area (TPSA) is 54.0 Å². The maximum absolute atomic E-state index is 12.4. The third-order valence-corrected chi connectivity index (χ3v) is 3.57. The minimum atomic E-state index is -0.158. The molecule has 0 aliphatic rings. The zero-order valence-electron chi connectivity index (χ0n) is 12.4. The average Bonchev–Trinajstić information content (AvgIpc) is 2.45. The summed E-state index contributed by atoms with van der Waals surface area (Å²) in [6.45, 7) is 9.14. The highest BCUT2D eigenvalue weighted by Crippen LogP contribution is 2.17. The second kappa shape index (κ2) is 7.12. The summed E-state index contributed by atoms with van der Waals surface area (Å²) in [6, 6.07) is 3.60. The molecule has 0 saturated carbocycles. The maximum atomic E-state index is 12.4. The third-order valence-electron chi connectivity index (χ3n) is 3.57. The third kappa shape index (κ3) is 4.23. The fraction of sp³-hybridized carbons (Fsp3) is 0.600. The Morgan fingerprint density at radius 1 is 1.32 bits per heavy atom. The highest BCUT2D eigenvalue weighted by molar-refractivity contribution is 5.99. The van der Waals surface area contributed by atoms with E-state index in [4.69, 9.17) is 0 Å². The molecule has 4 heteroatoms. The lowest BCUT2D eigenvalue weighted by molar-refractivity contribution is 0.0901. The van der Waals surface area contributed by atoms with Crippen molar-refractivity contribution in [1.82, 2.24) is 10.3 Å². The van der Waals surface area contributed by atoms with E-state index in [2.05, 4.69) is 43.3 Å². The number of pyridine rings is 1. The Bertz CT molecular complexity index is 414. The number of carbonyl (C=O) groups is 1. The summed E-state index contributed by atoms with van der Waals surface area (Å²) in [5.41, 5.74) is 0.457. The number of rotatable bonds is 7. The summed E-state index contributed by atoms with van der Waals surface area (Å²) in [5, 5.41) is 6.30. The van der Waals surface area contributed by atoms with Crippen molar-refractivity contribution < 1.29 is 4.79 Å². The molecule has 0 fully saturated rings. The standard InChI is InChI=1S/C15H25N3O/c1-5-10-16-13-12(9-8-11-17-13)14(19)18-15(4,6-2)7-3/h8-9,11H,5-7,10H2,1-4H3,(H,16,17)(H,18,19). The number of amides is 1. The van der Waals surface area contributed by atoms with Crippen molar-refractivity contribution in [3.05, 3.63) is 23.9 Å². The zero-order valence-corrected chi connectivity index (χ0v) is 12.4. The van der Waals surface area contributed by atoms with Crippen LogP contribution in [0.4, 0.5) is 5.82 Å². The largest absolute Gasteiger partial charge is 0.369 e. The minimum Gasteiger partial charge on any atom is -0.369 e. The predicted molar refractivity (Wildman–Crippen MR) is 79.5 cm³/mol. The second-order valence-electron chi connectivity index (χ2n) is 5.05. The Balaban J connectivity index is 2.87. The molecule has 1 aromatic rings. The first-order chi connectivity index (χ1) is 9.06. The van der Waals surface area contributed by atoms with E-state index in [1.165, 1.54) is 0 Å². The lowest BCUT2D eigenvalue weighted by Crippen LogP contribution is -2.45. The molecule has 0 aliphatic heterocycles. The van der Waals surface area contributed by atoms with Gasteiger partial charge in [0, 0.05) is 18.3 Å². The van der Waals surface area contributed by atoms with Crippen molar-refractivity contribution >= 4 is 11.7 Å². The molecule has 1 amide bonds. The van der Waals surface area contributed by atoms with Crippen molar-refractivity contribution in [3.63, 3.8) is 0 Å². The van der Waals surface area contributed by atoms with Gasteiger partial charge in [-0.1, -0.05) is 20.8 Å². The second-order valence-corrected chi connectivity index (χ2v) is 5.05. The first-order valence-corrected chi connectivity index (χ1v) is 7.07. The lowest BCUT2D eigenvalue weighted by Gasteiger charge is -2.28. The van der Waals surface area contributed by atoms with Gasteiger partial charge in [-0.15, -0.1) is 0 Å². The first-order valence-electron chi connectivity index (χ1n) is 7.07. The van der Waals surface area contributed by atoms with Gasteiger partial charge in [0.05, 0.1) is 5.56 Å². The highest BCUT2D eigenvalue weighted by Gasteiger charge is 2.23. The molecule has 106 valence electrons. The van der Waals surface area contributed by atoms with Gasteiger partial charge < -0.3 is 10.6 Å². The first kappa shape index (κ1) is 15.5. The van der Waals surface area contributed by atoms with Gasteiger partial charge in [-0.05, 0) is 38.3 Å².